The summed E-state index contributed by atoms with van der Waals surface area (Å²) in [5, 5.41) is 5.50. The summed E-state index contributed by atoms with van der Waals surface area (Å²) in [5.74, 6) is 0.842. The number of amides is 1. The van der Waals surface area contributed by atoms with E-state index in [1.54, 1.807) is 0 Å². The van der Waals surface area contributed by atoms with Gasteiger partial charge in [-0.1, -0.05) is 29.8 Å². The molecule has 0 aliphatic rings. The molecule has 0 aliphatic carbocycles. The van der Waals surface area contributed by atoms with E-state index in [9.17, 15) is 4.79 Å². The molecule has 2 aromatic carbocycles. The lowest BCUT2D eigenvalue weighted by molar-refractivity contribution is -0.116. The highest BCUT2D eigenvalue weighted by molar-refractivity contribution is 7.14. The van der Waals surface area contributed by atoms with Crippen LogP contribution in [0.25, 0.3) is 11.3 Å². The van der Waals surface area contributed by atoms with Crippen molar-refractivity contribution in [3.63, 3.8) is 0 Å². The number of anilines is 1. The fraction of sp³-hybridized carbons (Fsp3) is 0.304. The van der Waals surface area contributed by atoms with E-state index in [2.05, 4.69) is 55.3 Å². The molecule has 0 fully saturated rings. The number of nitrogens with one attached hydrogen (secondary N) is 1. The molecular formula is C23H26N2O2S. The molecule has 3 aromatic rings. The van der Waals surface area contributed by atoms with Gasteiger partial charge in [0.2, 0.25) is 5.91 Å². The van der Waals surface area contributed by atoms with Crippen LogP contribution in [0.4, 0.5) is 5.13 Å². The van der Waals surface area contributed by atoms with Crippen molar-refractivity contribution in [2.75, 3.05) is 11.9 Å². The number of rotatable bonds is 7. The van der Waals surface area contributed by atoms with E-state index in [4.69, 9.17) is 4.74 Å². The summed E-state index contributed by atoms with van der Waals surface area (Å²) in [6.45, 7) is 8.79. The van der Waals surface area contributed by atoms with Crippen LogP contribution in [-0.4, -0.2) is 17.5 Å². The Kier molecular flexibility index (Phi) is 6.47. The van der Waals surface area contributed by atoms with E-state index < -0.39 is 0 Å². The van der Waals surface area contributed by atoms with Crippen molar-refractivity contribution in [1.29, 1.82) is 0 Å². The molecule has 1 aromatic heterocycles. The van der Waals surface area contributed by atoms with Gasteiger partial charge in [-0.05, 0) is 62.9 Å². The van der Waals surface area contributed by atoms with Gasteiger partial charge in [0.25, 0.3) is 0 Å². The highest BCUT2D eigenvalue weighted by Crippen LogP contribution is 2.26. The van der Waals surface area contributed by atoms with Crippen LogP contribution in [0.1, 0.15) is 35.1 Å². The summed E-state index contributed by atoms with van der Waals surface area (Å²) in [7, 11) is 0. The number of hydrogen-bond acceptors (Lipinski definition) is 4. The first-order valence-electron chi connectivity index (χ1n) is 9.45. The number of nitrogens with zero attached hydrogens (tertiary/aromatic N) is 1. The molecule has 0 atom stereocenters. The third kappa shape index (κ3) is 5.20. The summed E-state index contributed by atoms with van der Waals surface area (Å²) >= 11 is 1.45. The molecule has 3 rings (SSSR count). The summed E-state index contributed by atoms with van der Waals surface area (Å²) in [6.07, 6.45) is 1.07. The smallest absolute Gasteiger partial charge is 0.226 e. The maximum absolute atomic E-state index is 12.2. The molecule has 0 unspecified atom stereocenters. The molecule has 5 heteroatoms. The highest BCUT2D eigenvalue weighted by atomic mass is 32.1. The van der Waals surface area contributed by atoms with Crippen LogP contribution in [0.15, 0.2) is 41.8 Å². The van der Waals surface area contributed by atoms with Crippen LogP contribution in [0.5, 0.6) is 5.75 Å². The van der Waals surface area contributed by atoms with Gasteiger partial charge < -0.3 is 10.1 Å². The number of aromatic nitrogens is 1. The minimum Gasteiger partial charge on any atom is -0.493 e. The molecule has 0 aliphatic heterocycles. The predicted octanol–water partition coefficient (Wildman–Crippen LogP) is 5.84. The average Bonchev–Trinajstić information content (AvgIpc) is 3.11. The van der Waals surface area contributed by atoms with Gasteiger partial charge in [0.05, 0.1) is 12.3 Å². The number of benzene rings is 2. The average molecular weight is 395 g/mol. The SMILES string of the molecule is Cc1ccc(OCCCC(=O)Nc2nc(-c3ccc(C)c(C)c3)cs2)c(C)c1. The Morgan fingerprint density at radius 1 is 1.04 bits per heavy atom. The Labute approximate surface area is 170 Å². The Bertz CT molecular complexity index is 978. The summed E-state index contributed by atoms with van der Waals surface area (Å²) in [6, 6.07) is 12.4. The molecular weight excluding hydrogens is 368 g/mol. The quantitative estimate of drug-likeness (QED) is 0.512. The molecule has 0 radical (unpaired) electrons. The Morgan fingerprint density at radius 2 is 1.86 bits per heavy atom. The van der Waals surface area contributed by atoms with Gasteiger partial charge in [0.1, 0.15) is 5.75 Å². The predicted molar refractivity (Wildman–Crippen MR) is 116 cm³/mol. The third-order valence-corrected chi connectivity index (χ3v) is 5.45. The number of carbonyl (C=O) groups excluding carboxylic acids is 1. The highest BCUT2D eigenvalue weighted by Gasteiger charge is 2.09. The second-order valence-electron chi connectivity index (χ2n) is 7.11. The zero-order chi connectivity index (χ0) is 20.1. The maximum atomic E-state index is 12.2. The van der Waals surface area contributed by atoms with Crippen molar-refractivity contribution < 1.29 is 9.53 Å². The van der Waals surface area contributed by atoms with E-state index in [-0.39, 0.29) is 5.91 Å². The molecule has 1 N–H and O–H groups in total. The third-order valence-electron chi connectivity index (χ3n) is 4.69. The Morgan fingerprint density at radius 3 is 2.61 bits per heavy atom. The number of hydrogen-bond donors (Lipinski definition) is 1. The van der Waals surface area contributed by atoms with E-state index in [1.165, 1.54) is 28.0 Å². The zero-order valence-corrected chi connectivity index (χ0v) is 17.7. The molecule has 0 spiro atoms. The minimum absolute atomic E-state index is 0.0368. The largest absolute Gasteiger partial charge is 0.493 e. The van der Waals surface area contributed by atoms with Crippen molar-refractivity contribution in [1.82, 2.24) is 4.98 Å². The van der Waals surface area contributed by atoms with Gasteiger partial charge in [0.15, 0.2) is 5.13 Å². The molecule has 4 nitrogen and oxygen atoms in total. The van der Waals surface area contributed by atoms with Gasteiger partial charge in [-0.25, -0.2) is 4.98 Å². The molecule has 28 heavy (non-hydrogen) atoms. The monoisotopic (exact) mass is 394 g/mol. The van der Waals surface area contributed by atoms with Crippen LogP contribution < -0.4 is 10.1 Å². The van der Waals surface area contributed by atoms with Gasteiger partial charge in [-0.3, -0.25) is 4.79 Å². The molecule has 146 valence electrons. The normalized spacial score (nSPS) is 10.7. The molecule has 0 saturated heterocycles. The maximum Gasteiger partial charge on any atom is 0.226 e. The fourth-order valence-electron chi connectivity index (χ4n) is 2.92. The molecule has 0 saturated carbocycles. The lowest BCUT2D eigenvalue weighted by Gasteiger charge is -2.09. The molecule has 1 heterocycles. The number of carbonyl (C=O) groups is 1. The topological polar surface area (TPSA) is 51.2 Å². The van der Waals surface area contributed by atoms with Crippen molar-refractivity contribution in [2.24, 2.45) is 0 Å². The van der Waals surface area contributed by atoms with Crippen LogP contribution in [-0.2, 0) is 4.79 Å². The van der Waals surface area contributed by atoms with Gasteiger partial charge in [0, 0.05) is 17.4 Å². The summed E-state index contributed by atoms with van der Waals surface area (Å²) in [4.78, 5) is 16.7. The first kappa shape index (κ1) is 20.1. The molecule has 0 bridgehead atoms. The van der Waals surface area contributed by atoms with Crippen LogP contribution >= 0.6 is 11.3 Å². The second kappa shape index (κ2) is 9.02. The summed E-state index contributed by atoms with van der Waals surface area (Å²) < 4.78 is 5.78. The molecule has 1 amide bonds. The first-order chi connectivity index (χ1) is 13.4. The zero-order valence-electron chi connectivity index (χ0n) is 16.8. The number of thiazole rings is 1. The second-order valence-corrected chi connectivity index (χ2v) is 7.96. The lowest BCUT2D eigenvalue weighted by atomic mass is 10.1. The summed E-state index contributed by atoms with van der Waals surface area (Å²) in [5.41, 5.74) is 6.79. The van der Waals surface area contributed by atoms with Crippen molar-refractivity contribution in [2.45, 2.75) is 40.5 Å². The first-order valence-corrected chi connectivity index (χ1v) is 10.3. The van der Waals surface area contributed by atoms with E-state index in [0.717, 1.165) is 22.6 Å². The Hall–Kier alpha value is -2.66. The fourth-order valence-corrected chi connectivity index (χ4v) is 3.66. The van der Waals surface area contributed by atoms with Crippen molar-refractivity contribution in [3.8, 4) is 17.0 Å². The standard InChI is InChI=1S/C23H26N2O2S/c1-15-7-10-21(18(4)12-15)27-11-5-6-22(26)25-23-24-20(14-28-23)19-9-8-16(2)17(3)13-19/h7-10,12-14H,5-6,11H2,1-4H3,(H,24,25,26). The van der Waals surface area contributed by atoms with Crippen molar-refractivity contribution in [3.05, 3.63) is 64.0 Å². The van der Waals surface area contributed by atoms with Crippen LogP contribution in [0, 0.1) is 27.7 Å². The van der Waals surface area contributed by atoms with E-state index >= 15 is 0 Å². The van der Waals surface area contributed by atoms with Crippen LogP contribution in [0.3, 0.4) is 0 Å². The Balaban J connectivity index is 1.47. The number of ether oxygens (including phenoxy) is 1. The lowest BCUT2D eigenvalue weighted by Crippen LogP contribution is -2.12. The van der Waals surface area contributed by atoms with Gasteiger partial charge in [-0.15, -0.1) is 11.3 Å². The van der Waals surface area contributed by atoms with E-state index in [1.807, 2.05) is 24.4 Å². The minimum atomic E-state index is -0.0368. The van der Waals surface area contributed by atoms with Crippen molar-refractivity contribution >= 4 is 22.4 Å². The van der Waals surface area contributed by atoms with E-state index in [0.29, 0.717) is 24.6 Å². The number of aryl methyl sites for hydroxylation is 4. The van der Waals surface area contributed by atoms with Gasteiger partial charge >= 0.3 is 0 Å². The van der Waals surface area contributed by atoms with Crippen LogP contribution in [0.2, 0.25) is 0 Å². The van der Waals surface area contributed by atoms with Gasteiger partial charge in [-0.2, -0.15) is 0 Å².